The number of thioether (sulfide) groups is 2. The van der Waals surface area contributed by atoms with Crippen LogP contribution in [0.2, 0.25) is 0 Å². The van der Waals surface area contributed by atoms with Gasteiger partial charge in [-0.1, -0.05) is 23.5 Å². The normalized spacial score (nSPS) is 30.2. The molecule has 2 rings (SSSR count). The summed E-state index contributed by atoms with van der Waals surface area (Å²) in [6, 6.07) is -0.470. The fraction of sp³-hybridized carbons (Fsp3) is 0.778. The molecule has 0 spiro atoms. The minimum atomic E-state index is -3.10. The molecule has 0 radical (unpaired) electrons. The van der Waals surface area contributed by atoms with Crippen molar-refractivity contribution in [2.75, 3.05) is 29.6 Å². The van der Waals surface area contributed by atoms with Gasteiger partial charge in [-0.15, -0.1) is 11.6 Å². The predicted molar refractivity (Wildman–Crippen MR) is 77.4 cm³/mol. The Morgan fingerprint density at radius 2 is 2.33 bits per heavy atom. The van der Waals surface area contributed by atoms with E-state index < -0.39 is 21.3 Å². The van der Waals surface area contributed by atoms with E-state index in [0.29, 0.717) is 0 Å². The van der Waals surface area contributed by atoms with Gasteiger partial charge >= 0.3 is 0 Å². The van der Waals surface area contributed by atoms with Gasteiger partial charge in [-0.25, -0.2) is 8.42 Å². The molecule has 0 aromatic carbocycles. The summed E-state index contributed by atoms with van der Waals surface area (Å²) in [5, 5.41) is 2.15. The molecule has 1 N–H and O–H groups in total. The lowest BCUT2D eigenvalue weighted by atomic mass is 10.2. The van der Waals surface area contributed by atoms with Crippen molar-refractivity contribution in [3.8, 4) is 0 Å². The molecule has 0 aromatic rings. The zero-order chi connectivity index (χ0) is 13.2. The van der Waals surface area contributed by atoms with Gasteiger partial charge in [0.1, 0.15) is 4.38 Å². The molecule has 2 aliphatic rings. The Kier molecular flexibility index (Phi) is 4.85. The highest BCUT2D eigenvalue weighted by Crippen LogP contribution is 2.22. The van der Waals surface area contributed by atoms with Crippen LogP contribution < -0.4 is 5.32 Å². The van der Waals surface area contributed by atoms with Gasteiger partial charge in [0.2, 0.25) is 5.91 Å². The number of halogens is 1. The minimum Gasteiger partial charge on any atom is -0.350 e. The molecule has 2 aliphatic heterocycles. The molecular formula is C9H13ClN2O3S3. The lowest BCUT2D eigenvalue weighted by Gasteiger charge is -2.13. The van der Waals surface area contributed by atoms with Crippen LogP contribution in [0.3, 0.4) is 0 Å². The molecule has 1 fully saturated rings. The Morgan fingerprint density at radius 3 is 2.89 bits per heavy atom. The lowest BCUT2D eigenvalue weighted by molar-refractivity contribution is -0.119. The molecule has 2 atom stereocenters. The Hall–Kier alpha value is 0.0800. The van der Waals surface area contributed by atoms with Crippen LogP contribution in [0.5, 0.6) is 0 Å². The van der Waals surface area contributed by atoms with E-state index in [2.05, 4.69) is 10.3 Å². The van der Waals surface area contributed by atoms with Gasteiger partial charge in [-0.3, -0.25) is 9.79 Å². The van der Waals surface area contributed by atoms with Gasteiger partial charge in [0.25, 0.3) is 0 Å². The number of hydrogen-bond donors (Lipinski definition) is 1. The Bertz CT molecular complexity index is 466. The first-order chi connectivity index (χ1) is 8.46. The minimum absolute atomic E-state index is 0.0603. The van der Waals surface area contributed by atoms with Crippen LogP contribution in [0.4, 0.5) is 0 Å². The molecule has 18 heavy (non-hydrogen) atoms. The number of alkyl halides is 1. The maximum Gasteiger partial charge on any atom is 0.230 e. The van der Waals surface area contributed by atoms with Crippen molar-refractivity contribution in [1.29, 1.82) is 0 Å². The van der Waals surface area contributed by atoms with E-state index in [4.69, 9.17) is 11.6 Å². The van der Waals surface area contributed by atoms with Crippen LogP contribution in [0.25, 0.3) is 0 Å². The van der Waals surface area contributed by atoms with Crippen molar-refractivity contribution in [3.05, 3.63) is 0 Å². The average Bonchev–Trinajstić information content (AvgIpc) is 2.84. The number of sulfone groups is 1. The number of hydrogen-bond acceptors (Lipinski definition) is 6. The van der Waals surface area contributed by atoms with Crippen LogP contribution in [-0.2, 0) is 14.6 Å². The third-order valence-corrected chi connectivity index (χ3v) is 7.14. The summed E-state index contributed by atoms with van der Waals surface area (Å²) in [5.74, 6) is 0.909. The fourth-order valence-corrected chi connectivity index (χ4v) is 6.09. The van der Waals surface area contributed by atoms with Crippen LogP contribution in [0.1, 0.15) is 0 Å². The van der Waals surface area contributed by atoms with Crippen molar-refractivity contribution >= 4 is 55.2 Å². The van der Waals surface area contributed by atoms with Gasteiger partial charge in [-0.05, 0) is 0 Å². The number of nitrogens with one attached hydrogen (secondary N) is 1. The van der Waals surface area contributed by atoms with Crippen LogP contribution in [-0.4, -0.2) is 59.7 Å². The number of nitrogens with zero attached hydrogens (tertiary/aromatic N) is 1. The molecule has 0 aromatic heterocycles. The molecule has 1 amide bonds. The maximum absolute atomic E-state index is 11.7. The topological polar surface area (TPSA) is 75.6 Å². The summed E-state index contributed by atoms with van der Waals surface area (Å²) in [6.45, 7) is 0.805. The lowest BCUT2D eigenvalue weighted by Crippen LogP contribution is -2.41. The zero-order valence-corrected chi connectivity index (χ0v) is 12.7. The monoisotopic (exact) mass is 328 g/mol. The van der Waals surface area contributed by atoms with Crippen LogP contribution >= 0.6 is 35.1 Å². The third kappa shape index (κ3) is 4.04. The summed E-state index contributed by atoms with van der Waals surface area (Å²) >= 11 is 8.93. The smallest absolute Gasteiger partial charge is 0.230 e. The molecule has 102 valence electrons. The molecule has 0 aliphatic carbocycles. The summed E-state index contributed by atoms with van der Waals surface area (Å²) < 4.78 is 23.6. The molecule has 0 unspecified atom stereocenters. The van der Waals surface area contributed by atoms with Crippen molar-refractivity contribution < 1.29 is 13.2 Å². The first-order valence-electron chi connectivity index (χ1n) is 5.40. The van der Waals surface area contributed by atoms with E-state index >= 15 is 0 Å². The van der Waals surface area contributed by atoms with Crippen molar-refractivity contribution in [1.82, 2.24) is 5.32 Å². The van der Waals surface area contributed by atoms with Crippen molar-refractivity contribution in [2.45, 2.75) is 11.4 Å². The van der Waals surface area contributed by atoms with E-state index in [0.717, 1.165) is 16.7 Å². The first-order valence-corrected chi connectivity index (χ1v) is 9.63. The van der Waals surface area contributed by atoms with E-state index in [9.17, 15) is 13.2 Å². The highest BCUT2D eigenvalue weighted by molar-refractivity contribution is 8.39. The van der Waals surface area contributed by atoms with Crippen LogP contribution in [0, 0.1) is 0 Å². The van der Waals surface area contributed by atoms with E-state index in [1.807, 2.05) is 0 Å². The van der Waals surface area contributed by atoms with Gasteiger partial charge in [0.05, 0.1) is 35.2 Å². The van der Waals surface area contributed by atoms with Crippen LogP contribution in [0.15, 0.2) is 4.99 Å². The largest absolute Gasteiger partial charge is 0.350 e. The second-order valence-corrected chi connectivity index (χ2v) is 9.07. The Balaban J connectivity index is 1.77. The van der Waals surface area contributed by atoms with E-state index in [-0.39, 0.29) is 23.2 Å². The van der Waals surface area contributed by atoms with E-state index in [1.165, 1.54) is 11.8 Å². The van der Waals surface area contributed by atoms with Gasteiger partial charge in [0, 0.05) is 5.75 Å². The van der Waals surface area contributed by atoms with Gasteiger partial charge in [0.15, 0.2) is 9.84 Å². The second-order valence-electron chi connectivity index (χ2n) is 4.05. The second kappa shape index (κ2) is 6.02. The summed E-state index contributed by atoms with van der Waals surface area (Å²) in [6.07, 6.45) is 0. The first kappa shape index (κ1) is 14.5. The predicted octanol–water partition coefficient (Wildman–Crippen LogP) is 0.343. The zero-order valence-electron chi connectivity index (χ0n) is 9.46. The molecule has 1 saturated heterocycles. The number of carbonyl (C=O) groups is 1. The highest BCUT2D eigenvalue weighted by Gasteiger charge is 2.37. The highest BCUT2D eigenvalue weighted by atomic mass is 35.5. The Labute approximate surface area is 119 Å². The number of aliphatic imine (C=N–C) groups is 1. The molecule has 2 heterocycles. The van der Waals surface area contributed by atoms with Crippen molar-refractivity contribution in [3.63, 3.8) is 0 Å². The standard InChI is InChI=1S/C9H13ClN2O3S3/c10-6-4-18(14,15)5-7(6)12-8(13)3-17-9-11-1-2-16-9/h6-7H,1-5H2,(H,12,13)/t6-,7-/m0/s1. The summed E-state index contributed by atoms with van der Waals surface area (Å²) in [4.78, 5) is 15.9. The van der Waals surface area contributed by atoms with Gasteiger partial charge < -0.3 is 5.32 Å². The summed E-state index contributed by atoms with van der Waals surface area (Å²) in [7, 11) is -3.10. The fourth-order valence-electron chi connectivity index (χ4n) is 1.72. The molecule has 5 nitrogen and oxygen atoms in total. The quantitative estimate of drug-likeness (QED) is 0.756. The van der Waals surface area contributed by atoms with Gasteiger partial charge in [-0.2, -0.15) is 0 Å². The number of rotatable bonds is 3. The number of amides is 1. The van der Waals surface area contributed by atoms with E-state index in [1.54, 1.807) is 11.8 Å². The summed E-state index contributed by atoms with van der Waals surface area (Å²) in [5.41, 5.74) is 0. The molecular weight excluding hydrogens is 316 g/mol. The SMILES string of the molecule is O=C(CSC1=NCCS1)N[C@H]1CS(=O)(=O)C[C@@H]1Cl. The number of carbonyl (C=O) groups excluding carboxylic acids is 1. The van der Waals surface area contributed by atoms with Crippen molar-refractivity contribution in [2.24, 2.45) is 4.99 Å². The Morgan fingerprint density at radius 1 is 1.56 bits per heavy atom. The molecule has 9 heteroatoms. The third-order valence-electron chi connectivity index (χ3n) is 2.51. The molecule has 0 bridgehead atoms. The average molecular weight is 329 g/mol. The molecule has 0 saturated carbocycles. The maximum atomic E-state index is 11.7.